The summed E-state index contributed by atoms with van der Waals surface area (Å²) < 4.78 is 9.87. The number of anilines is 1. The van der Waals surface area contributed by atoms with Crippen LogP contribution < -0.4 is 10.1 Å². The third-order valence-electron chi connectivity index (χ3n) is 3.43. The van der Waals surface area contributed by atoms with E-state index in [1.165, 1.54) is 25.3 Å². The third kappa shape index (κ3) is 4.25. The highest BCUT2D eigenvalue weighted by Gasteiger charge is 2.15. The van der Waals surface area contributed by atoms with Crippen molar-refractivity contribution in [1.82, 2.24) is 0 Å². The molecule has 0 saturated heterocycles. The van der Waals surface area contributed by atoms with Gasteiger partial charge < -0.3 is 19.9 Å². The number of methoxy groups -OCH3 is 1. The van der Waals surface area contributed by atoms with Crippen LogP contribution in [0.3, 0.4) is 0 Å². The number of carbonyl (C=O) groups excluding carboxylic acids is 2. The lowest BCUT2D eigenvalue weighted by atomic mass is 10.1. The Balaban J connectivity index is 1.96. The first kappa shape index (κ1) is 17.3. The molecule has 0 aliphatic carbocycles. The van der Waals surface area contributed by atoms with E-state index in [1.807, 2.05) is 32.0 Å². The summed E-state index contributed by atoms with van der Waals surface area (Å²) in [6.07, 6.45) is 0. The lowest BCUT2D eigenvalue weighted by Crippen LogP contribution is -2.21. The maximum absolute atomic E-state index is 11.9. The van der Waals surface area contributed by atoms with Crippen molar-refractivity contribution >= 4 is 17.6 Å². The second-order valence-corrected chi connectivity index (χ2v) is 5.33. The Morgan fingerprint density at radius 3 is 2.54 bits per heavy atom. The van der Waals surface area contributed by atoms with Gasteiger partial charge >= 0.3 is 5.97 Å². The van der Waals surface area contributed by atoms with Gasteiger partial charge in [0.2, 0.25) is 0 Å². The van der Waals surface area contributed by atoms with Gasteiger partial charge in [-0.25, -0.2) is 4.79 Å². The van der Waals surface area contributed by atoms with Gasteiger partial charge in [-0.15, -0.1) is 0 Å². The van der Waals surface area contributed by atoms with Crippen LogP contribution in [0.25, 0.3) is 0 Å². The number of carbonyl (C=O) groups is 2. The van der Waals surface area contributed by atoms with Gasteiger partial charge in [-0.1, -0.05) is 12.1 Å². The molecule has 6 heteroatoms. The third-order valence-corrected chi connectivity index (χ3v) is 3.43. The summed E-state index contributed by atoms with van der Waals surface area (Å²) in [5, 5.41) is 12.5. The molecule has 2 aromatic carbocycles. The molecule has 6 nitrogen and oxygen atoms in total. The first-order valence-electron chi connectivity index (χ1n) is 7.32. The molecule has 0 aromatic heterocycles. The molecule has 0 spiro atoms. The number of amides is 1. The van der Waals surface area contributed by atoms with Gasteiger partial charge in [-0.05, 0) is 43.2 Å². The topological polar surface area (TPSA) is 84.9 Å². The highest BCUT2D eigenvalue weighted by atomic mass is 16.5. The van der Waals surface area contributed by atoms with Crippen LogP contribution >= 0.6 is 0 Å². The molecule has 0 aliphatic rings. The zero-order chi connectivity index (χ0) is 17.7. The van der Waals surface area contributed by atoms with Crippen molar-refractivity contribution in [3.8, 4) is 11.5 Å². The number of nitrogens with one attached hydrogen (secondary N) is 1. The van der Waals surface area contributed by atoms with E-state index in [0.717, 1.165) is 11.1 Å². The number of rotatable bonds is 5. The van der Waals surface area contributed by atoms with Crippen LogP contribution in [0.5, 0.6) is 11.5 Å². The molecule has 0 fully saturated rings. The summed E-state index contributed by atoms with van der Waals surface area (Å²) in [5.74, 6) is -1.10. The average Bonchev–Trinajstić information content (AvgIpc) is 2.55. The number of hydrogen-bond donors (Lipinski definition) is 2. The summed E-state index contributed by atoms with van der Waals surface area (Å²) >= 11 is 0. The van der Waals surface area contributed by atoms with E-state index in [1.54, 1.807) is 0 Å². The number of phenolic OH excluding ortho intramolecular Hbond substituents is 1. The number of ether oxygens (including phenoxy) is 2. The van der Waals surface area contributed by atoms with E-state index < -0.39 is 18.5 Å². The fourth-order valence-electron chi connectivity index (χ4n) is 2.08. The van der Waals surface area contributed by atoms with E-state index in [4.69, 9.17) is 9.47 Å². The lowest BCUT2D eigenvalue weighted by Gasteiger charge is -2.10. The molecule has 126 valence electrons. The molecular weight excluding hydrogens is 310 g/mol. The number of hydrogen-bond acceptors (Lipinski definition) is 5. The van der Waals surface area contributed by atoms with E-state index in [2.05, 4.69) is 5.32 Å². The van der Waals surface area contributed by atoms with E-state index in [0.29, 0.717) is 11.4 Å². The molecule has 2 rings (SSSR count). The number of aromatic hydroxyl groups is 1. The smallest absolute Gasteiger partial charge is 0.342 e. The predicted octanol–water partition coefficient (Wildman–Crippen LogP) is 2.81. The van der Waals surface area contributed by atoms with Crippen molar-refractivity contribution in [3.05, 3.63) is 53.1 Å². The van der Waals surface area contributed by atoms with E-state index in [-0.39, 0.29) is 11.3 Å². The Morgan fingerprint density at radius 1 is 1.12 bits per heavy atom. The van der Waals surface area contributed by atoms with E-state index >= 15 is 0 Å². The molecule has 2 N–H and O–H groups in total. The molecule has 24 heavy (non-hydrogen) atoms. The Bertz CT molecular complexity index is 770. The van der Waals surface area contributed by atoms with Crippen molar-refractivity contribution < 1.29 is 24.2 Å². The SMILES string of the molecule is COc1ccc(C(=O)OCC(=O)Nc2cc(C)ccc2C)c(O)c1. The predicted molar refractivity (Wildman–Crippen MR) is 89.5 cm³/mol. The van der Waals surface area contributed by atoms with Gasteiger partial charge in [0.1, 0.15) is 17.1 Å². The lowest BCUT2D eigenvalue weighted by molar-refractivity contribution is -0.119. The van der Waals surface area contributed by atoms with Gasteiger partial charge in [-0.2, -0.15) is 0 Å². The Kier molecular flexibility index (Phi) is 5.42. The van der Waals surface area contributed by atoms with Crippen LogP contribution in [-0.2, 0) is 9.53 Å². The van der Waals surface area contributed by atoms with Crippen LogP contribution in [-0.4, -0.2) is 30.7 Å². The maximum Gasteiger partial charge on any atom is 0.342 e. The molecule has 0 heterocycles. The van der Waals surface area contributed by atoms with Gasteiger partial charge in [0.25, 0.3) is 5.91 Å². The number of benzene rings is 2. The summed E-state index contributed by atoms with van der Waals surface area (Å²) in [6.45, 7) is 3.34. The molecular formula is C18H19NO5. The second-order valence-electron chi connectivity index (χ2n) is 5.33. The first-order valence-corrected chi connectivity index (χ1v) is 7.32. The van der Waals surface area contributed by atoms with Gasteiger partial charge in [0.15, 0.2) is 6.61 Å². The molecule has 0 unspecified atom stereocenters. The van der Waals surface area contributed by atoms with Crippen molar-refractivity contribution in [3.63, 3.8) is 0 Å². The van der Waals surface area contributed by atoms with Crippen molar-refractivity contribution in [2.24, 2.45) is 0 Å². The summed E-state index contributed by atoms with van der Waals surface area (Å²) in [6, 6.07) is 9.87. The molecule has 0 radical (unpaired) electrons. The largest absolute Gasteiger partial charge is 0.507 e. The zero-order valence-corrected chi connectivity index (χ0v) is 13.8. The second kappa shape index (κ2) is 7.50. The van der Waals surface area contributed by atoms with E-state index in [9.17, 15) is 14.7 Å². The van der Waals surface area contributed by atoms with Gasteiger partial charge in [0.05, 0.1) is 7.11 Å². The van der Waals surface area contributed by atoms with Crippen molar-refractivity contribution in [2.45, 2.75) is 13.8 Å². The summed E-state index contributed by atoms with van der Waals surface area (Å²) in [5.41, 5.74) is 2.56. The number of phenols is 1. The Hall–Kier alpha value is -3.02. The van der Waals surface area contributed by atoms with Crippen molar-refractivity contribution in [1.29, 1.82) is 0 Å². The Morgan fingerprint density at radius 2 is 1.88 bits per heavy atom. The minimum Gasteiger partial charge on any atom is -0.507 e. The van der Waals surface area contributed by atoms with Crippen LogP contribution in [0.15, 0.2) is 36.4 Å². The highest BCUT2D eigenvalue weighted by molar-refractivity contribution is 5.97. The number of aryl methyl sites for hydroxylation is 2. The zero-order valence-electron chi connectivity index (χ0n) is 13.8. The normalized spacial score (nSPS) is 10.1. The minimum absolute atomic E-state index is 0.0321. The van der Waals surface area contributed by atoms with Crippen molar-refractivity contribution in [2.75, 3.05) is 19.0 Å². The Labute approximate surface area is 140 Å². The maximum atomic E-state index is 11.9. The first-order chi connectivity index (χ1) is 11.4. The van der Waals surface area contributed by atoms with Crippen LogP contribution in [0.4, 0.5) is 5.69 Å². The fraction of sp³-hybridized carbons (Fsp3) is 0.222. The highest BCUT2D eigenvalue weighted by Crippen LogP contribution is 2.24. The summed E-state index contributed by atoms with van der Waals surface area (Å²) in [4.78, 5) is 23.9. The fourth-order valence-corrected chi connectivity index (χ4v) is 2.08. The summed E-state index contributed by atoms with van der Waals surface area (Å²) in [7, 11) is 1.45. The quantitative estimate of drug-likeness (QED) is 0.824. The minimum atomic E-state index is -0.786. The molecule has 1 amide bonds. The molecule has 2 aromatic rings. The monoisotopic (exact) mass is 329 g/mol. The molecule has 0 saturated carbocycles. The van der Waals surface area contributed by atoms with Gasteiger partial charge in [-0.3, -0.25) is 4.79 Å². The average molecular weight is 329 g/mol. The van der Waals surface area contributed by atoms with Crippen LogP contribution in [0, 0.1) is 13.8 Å². The molecule has 0 aliphatic heterocycles. The van der Waals surface area contributed by atoms with Gasteiger partial charge in [0, 0.05) is 11.8 Å². The standard InChI is InChI=1S/C18H19NO5/c1-11-4-5-12(2)15(8-11)19-17(21)10-24-18(22)14-7-6-13(23-3)9-16(14)20/h4-9,20H,10H2,1-3H3,(H,19,21). The molecule has 0 bridgehead atoms. The molecule has 0 atom stereocenters. The number of esters is 1. The van der Waals surface area contributed by atoms with Crippen LogP contribution in [0.2, 0.25) is 0 Å². The van der Waals surface area contributed by atoms with Crippen LogP contribution in [0.1, 0.15) is 21.5 Å².